The number of hydrogen-bond acceptors (Lipinski definition) is 4. The molecule has 0 saturated heterocycles. The first-order valence-corrected chi connectivity index (χ1v) is 6.54. The molecule has 0 spiro atoms. The minimum Gasteiger partial charge on any atom is -0.399 e. The molecule has 3 aromatic rings. The maximum absolute atomic E-state index is 5.76. The van der Waals surface area contributed by atoms with Gasteiger partial charge in [0.25, 0.3) is 0 Å². The summed E-state index contributed by atoms with van der Waals surface area (Å²) < 4.78 is 5.28. The van der Waals surface area contributed by atoms with Crippen molar-refractivity contribution in [1.82, 2.24) is 10.1 Å². The van der Waals surface area contributed by atoms with E-state index in [0.29, 0.717) is 18.1 Å². The first-order valence-electron chi connectivity index (χ1n) is 6.54. The summed E-state index contributed by atoms with van der Waals surface area (Å²) in [5, 5.41) is 4.01. The van der Waals surface area contributed by atoms with Crippen molar-refractivity contribution >= 4 is 5.69 Å². The lowest BCUT2D eigenvalue weighted by Crippen LogP contribution is -1.93. The van der Waals surface area contributed by atoms with Crippen molar-refractivity contribution in [1.29, 1.82) is 0 Å². The number of anilines is 1. The number of nitrogens with zero attached hydrogens (tertiary/aromatic N) is 2. The van der Waals surface area contributed by atoms with E-state index in [4.69, 9.17) is 10.3 Å². The minimum atomic E-state index is 0.633. The van der Waals surface area contributed by atoms with E-state index in [1.165, 1.54) is 5.56 Å². The summed E-state index contributed by atoms with van der Waals surface area (Å²) in [4.78, 5) is 4.41. The van der Waals surface area contributed by atoms with Gasteiger partial charge in [0.1, 0.15) is 0 Å². The first-order chi connectivity index (χ1) is 9.81. The fourth-order valence-electron chi connectivity index (χ4n) is 2.06. The second-order valence-corrected chi connectivity index (χ2v) is 4.62. The Kier molecular flexibility index (Phi) is 3.46. The topological polar surface area (TPSA) is 64.9 Å². The van der Waals surface area contributed by atoms with E-state index < -0.39 is 0 Å². The Balaban J connectivity index is 1.69. The van der Waals surface area contributed by atoms with Crippen LogP contribution in [0, 0.1) is 0 Å². The zero-order valence-electron chi connectivity index (χ0n) is 11.0. The summed E-state index contributed by atoms with van der Waals surface area (Å²) in [6.07, 6.45) is 1.55. The van der Waals surface area contributed by atoms with Crippen molar-refractivity contribution in [2.45, 2.75) is 12.8 Å². The van der Waals surface area contributed by atoms with Gasteiger partial charge in [0, 0.05) is 17.7 Å². The molecule has 2 aromatic carbocycles. The van der Waals surface area contributed by atoms with Crippen molar-refractivity contribution in [3.05, 3.63) is 66.1 Å². The van der Waals surface area contributed by atoms with Crippen LogP contribution in [0.15, 0.2) is 59.1 Å². The van der Waals surface area contributed by atoms with Gasteiger partial charge in [0.15, 0.2) is 0 Å². The van der Waals surface area contributed by atoms with E-state index in [2.05, 4.69) is 10.1 Å². The van der Waals surface area contributed by atoms with E-state index in [1.54, 1.807) is 0 Å². The molecule has 1 aromatic heterocycles. The summed E-state index contributed by atoms with van der Waals surface area (Å²) in [7, 11) is 0. The molecule has 2 N–H and O–H groups in total. The summed E-state index contributed by atoms with van der Waals surface area (Å²) in [5.41, 5.74) is 8.67. The van der Waals surface area contributed by atoms with Crippen molar-refractivity contribution in [2.24, 2.45) is 0 Å². The van der Waals surface area contributed by atoms with E-state index in [1.807, 2.05) is 54.6 Å². The lowest BCUT2D eigenvalue weighted by atomic mass is 10.1. The van der Waals surface area contributed by atoms with Crippen molar-refractivity contribution < 1.29 is 4.52 Å². The molecule has 0 amide bonds. The zero-order chi connectivity index (χ0) is 13.8. The largest absolute Gasteiger partial charge is 0.399 e. The first kappa shape index (κ1) is 12.4. The molecule has 0 aliphatic carbocycles. The van der Waals surface area contributed by atoms with Crippen LogP contribution in [-0.4, -0.2) is 10.1 Å². The van der Waals surface area contributed by atoms with Crippen LogP contribution in [0.3, 0.4) is 0 Å². The van der Waals surface area contributed by atoms with Crippen LogP contribution >= 0.6 is 0 Å². The van der Waals surface area contributed by atoms with Crippen LogP contribution in [0.25, 0.3) is 11.4 Å². The number of aryl methyl sites for hydroxylation is 2. The molecule has 0 saturated carbocycles. The van der Waals surface area contributed by atoms with E-state index in [0.717, 1.165) is 17.7 Å². The average molecular weight is 265 g/mol. The van der Waals surface area contributed by atoms with Crippen LogP contribution < -0.4 is 5.73 Å². The Morgan fingerprint density at radius 3 is 2.60 bits per heavy atom. The lowest BCUT2D eigenvalue weighted by Gasteiger charge is -1.99. The van der Waals surface area contributed by atoms with E-state index in [9.17, 15) is 0 Å². The molecule has 100 valence electrons. The number of rotatable bonds is 4. The van der Waals surface area contributed by atoms with Crippen LogP contribution in [0.1, 0.15) is 11.5 Å². The number of benzene rings is 2. The molecule has 0 bridgehead atoms. The molecule has 1 heterocycles. The normalized spacial score (nSPS) is 10.6. The molecule has 0 fully saturated rings. The number of nitrogen functional groups attached to an aromatic ring is 1. The van der Waals surface area contributed by atoms with Gasteiger partial charge >= 0.3 is 0 Å². The summed E-state index contributed by atoms with van der Waals surface area (Å²) in [5.74, 6) is 1.28. The zero-order valence-corrected chi connectivity index (χ0v) is 11.0. The number of aromatic nitrogens is 2. The highest BCUT2D eigenvalue weighted by Gasteiger charge is 2.08. The number of hydrogen-bond donors (Lipinski definition) is 1. The van der Waals surface area contributed by atoms with Gasteiger partial charge in [-0.25, -0.2) is 0 Å². The Morgan fingerprint density at radius 2 is 1.80 bits per heavy atom. The van der Waals surface area contributed by atoms with Crippen LogP contribution in [-0.2, 0) is 12.8 Å². The smallest absolute Gasteiger partial charge is 0.227 e. The second kappa shape index (κ2) is 5.57. The predicted octanol–water partition coefficient (Wildman–Crippen LogP) is 3.10. The molecule has 4 heteroatoms. The average Bonchev–Trinajstić information content (AvgIpc) is 2.95. The molecular formula is C16H15N3O. The molecule has 3 rings (SSSR count). The van der Waals surface area contributed by atoms with Gasteiger partial charge in [0.05, 0.1) is 0 Å². The Morgan fingerprint density at radius 1 is 0.950 bits per heavy atom. The highest BCUT2D eigenvalue weighted by atomic mass is 16.5. The molecule has 0 unspecified atom stereocenters. The van der Waals surface area contributed by atoms with E-state index in [-0.39, 0.29) is 0 Å². The Hall–Kier alpha value is -2.62. The minimum absolute atomic E-state index is 0.633. The third kappa shape index (κ3) is 2.85. The highest BCUT2D eigenvalue weighted by Crippen LogP contribution is 2.16. The molecular weight excluding hydrogens is 250 g/mol. The van der Waals surface area contributed by atoms with Crippen molar-refractivity contribution in [3.63, 3.8) is 0 Å². The van der Waals surface area contributed by atoms with Gasteiger partial charge in [-0.2, -0.15) is 4.98 Å². The summed E-state index contributed by atoms with van der Waals surface area (Å²) in [6.45, 7) is 0. The van der Waals surface area contributed by atoms with E-state index >= 15 is 0 Å². The van der Waals surface area contributed by atoms with Gasteiger partial charge in [-0.15, -0.1) is 0 Å². The molecule has 0 atom stereocenters. The maximum atomic E-state index is 5.76. The lowest BCUT2D eigenvalue weighted by molar-refractivity contribution is 0.379. The van der Waals surface area contributed by atoms with Crippen LogP contribution in [0.4, 0.5) is 5.69 Å². The van der Waals surface area contributed by atoms with Gasteiger partial charge in [0.2, 0.25) is 11.7 Å². The van der Waals surface area contributed by atoms with Crippen molar-refractivity contribution in [3.8, 4) is 11.4 Å². The van der Waals surface area contributed by atoms with Crippen molar-refractivity contribution in [2.75, 3.05) is 5.73 Å². The Bertz CT molecular complexity index is 692. The molecule has 0 radical (unpaired) electrons. The molecule has 4 nitrogen and oxygen atoms in total. The van der Waals surface area contributed by atoms with Gasteiger partial charge in [-0.05, 0) is 24.1 Å². The second-order valence-electron chi connectivity index (χ2n) is 4.62. The molecule has 20 heavy (non-hydrogen) atoms. The molecule has 0 aliphatic heterocycles. The van der Waals surface area contributed by atoms with Gasteiger partial charge in [-0.1, -0.05) is 47.6 Å². The monoisotopic (exact) mass is 265 g/mol. The third-order valence-corrected chi connectivity index (χ3v) is 3.08. The highest BCUT2D eigenvalue weighted by molar-refractivity contribution is 5.53. The maximum Gasteiger partial charge on any atom is 0.227 e. The predicted molar refractivity (Wildman–Crippen MR) is 78.0 cm³/mol. The van der Waals surface area contributed by atoms with Crippen LogP contribution in [0.2, 0.25) is 0 Å². The SMILES string of the molecule is Nc1cccc(CCc2nc(-c3ccccc3)no2)c1. The fourth-order valence-corrected chi connectivity index (χ4v) is 2.06. The summed E-state index contributed by atoms with van der Waals surface area (Å²) >= 11 is 0. The number of nitrogens with two attached hydrogens (primary N) is 1. The summed E-state index contributed by atoms with van der Waals surface area (Å²) in [6, 6.07) is 17.6. The fraction of sp³-hybridized carbons (Fsp3) is 0.125. The standard InChI is InChI=1S/C16H15N3O/c17-14-8-4-5-12(11-14)9-10-15-18-16(19-20-15)13-6-2-1-3-7-13/h1-8,11H,9-10,17H2. The third-order valence-electron chi connectivity index (χ3n) is 3.08. The van der Waals surface area contributed by atoms with Gasteiger partial charge < -0.3 is 10.3 Å². The van der Waals surface area contributed by atoms with Gasteiger partial charge in [-0.3, -0.25) is 0 Å². The quantitative estimate of drug-likeness (QED) is 0.736. The van der Waals surface area contributed by atoms with Crippen LogP contribution in [0.5, 0.6) is 0 Å². The molecule has 0 aliphatic rings. The Labute approximate surface area is 117 Å².